The first-order chi connectivity index (χ1) is 17.4. The van der Waals surface area contributed by atoms with E-state index in [4.69, 9.17) is 19.4 Å². The smallest absolute Gasteiger partial charge is 0.167 e. The highest BCUT2D eigenvalue weighted by Gasteiger charge is 2.26. The Morgan fingerprint density at radius 1 is 1.11 bits per heavy atom. The number of rotatable bonds is 7. The Kier molecular flexibility index (Phi) is 6.75. The number of nitrogens with zero attached hydrogens (tertiary/aromatic N) is 6. The standard InChI is InChI=1S/C25H26F2N6O3/c1-32-13-15(11-29-32)24-25(31-21-12-28-20(10-19(21)30-24)22(34)14-35-2)33-7-5-17(6-8-33)36-23-4-3-16(26)9-18(23)27/h3-4,9-13,17,22,34H,5-8,14H2,1-2H3/t22-/m1/s1. The fraction of sp³-hybridized carbons (Fsp3) is 0.360. The summed E-state index contributed by atoms with van der Waals surface area (Å²) >= 11 is 0. The van der Waals surface area contributed by atoms with Crippen molar-refractivity contribution in [2.75, 3.05) is 31.7 Å². The number of aryl methyl sites for hydroxylation is 1. The predicted molar refractivity (Wildman–Crippen MR) is 129 cm³/mol. The van der Waals surface area contributed by atoms with Crippen LogP contribution in [-0.2, 0) is 11.8 Å². The average Bonchev–Trinajstić information content (AvgIpc) is 3.31. The maximum absolute atomic E-state index is 14.0. The van der Waals surface area contributed by atoms with Gasteiger partial charge >= 0.3 is 0 Å². The lowest BCUT2D eigenvalue weighted by Crippen LogP contribution is -2.39. The van der Waals surface area contributed by atoms with Crippen LogP contribution in [0.4, 0.5) is 14.6 Å². The molecule has 11 heteroatoms. The van der Waals surface area contributed by atoms with Gasteiger partial charge in [0.2, 0.25) is 0 Å². The molecule has 1 atom stereocenters. The van der Waals surface area contributed by atoms with Gasteiger partial charge in [0, 0.05) is 57.9 Å². The van der Waals surface area contributed by atoms with Crippen molar-refractivity contribution in [3.63, 3.8) is 0 Å². The van der Waals surface area contributed by atoms with Crippen LogP contribution in [0.2, 0.25) is 0 Å². The van der Waals surface area contributed by atoms with Gasteiger partial charge in [-0.15, -0.1) is 0 Å². The molecule has 0 aliphatic carbocycles. The van der Waals surface area contributed by atoms with Gasteiger partial charge in [-0.25, -0.2) is 18.7 Å². The van der Waals surface area contributed by atoms with E-state index in [1.54, 1.807) is 23.1 Å². The second kappa shape index (κ2) is 10.1. The molecule has 1 aliphatic rings. The first-order valence-corrected chi connectivity index (χ1v) is 11.6. The number of aliphatic hydroxyl groups excluding tert-OH is 1. The Morgan fingerprint density at radius 2 is 1.92 bits per heavy atom. The SMILES string of the molecule is COC[C@@H](O)c1cc2nc(-c3cnn(C)c3)c(N3CCC(Oc4ccc(F)cc4F)CC3)nc2cn1. The highest BCUT2D eigenvalue weighted by molar-refractivity contribution is 5.83. The number of pyridine rings is 1. The Labute approximate surface area is 206 Å². The Bertz CT molecular complexity index is 1370. The van der Waals surface area contributed by atoms with E-state index in [-0.39, 0.29) is 18.5 Å². The Morgan fingerprint density at radius 3 is 2.61 bits per heavy atom. The molecule has 4 heterocycles. The first-order valence-electron chi connectivity index (χ1n) is 11.6. The van der Waals surface area contributed by atoms with Crippen molar-refractivity contribution in [3.8, 4) is 17.0 Å². The van der Waals surface area contributed by atoms with E-state index in [0.717, 1.165) is 11.6 Å². The van der Waals surface area contributed by atoms with Gasteiger partial charge in [0.1, 0.15) is 29.2 Å². The summed E-state index contributed by atoms with van der Waals surface area (Å²) in [5.41, 5.74) is 3.12. The van der Waals surface area contributed by atoms with Crippen LogP contribution in [0, 0.1) is 11.6 Å². The molecule has 4 aromatic rings. The number of piperidine rings is 1. The molecule has 0 radical (unpaired) electrons. The number of halogens is 2. The van der Waals surface area contributed by atoms with Crippen LogP contribution < -0.4 is 9.64 Å². The molecule has 0 amide bonds. The Balaban J connectivity index is 1.42. The highest BCUT2D eigenvalue weighted by atomic mass is 19.1. The molecular formula is C25H26F2N6O3. The molecule has 9 nitrogen and oxygen atoms in total. The summed E-state index contributed by atoms with van der Waals surface area (Å²) in [5.74, 6) is -0.607. The molecule has 1 N–H and O–H groups in total. The molecule has 3 aromatic heterocycles. The monoisotopic (exact) mass is 496 g/mol. The number of aromatic nitrogens is 5. The highest BCUT2D eigenvalue weighted by Crippen LogP contribution is 2.32. The lowest BCUT2D eigenvalue weighted by molar-refractivity contribution is 0.0618. The molecule has 0 spiro atoms. The summed E-state index contributed by atoms with van der Waals surface area (Å²) in [7, 11) is 3.35. The summed E-state index contributed by atoms with van der Waals surface area (Å²) in [4.78, 5) is 16.2. The lowest BCUT2D eigenvalue weighted by atomic mass is 10.1. The molecule has 1 aromatic carbocycles. The molecule has 1 saturated heterocycles. The number of hydrogen-bond acceptors (Lipinski definition) is 8. The molecule has 1 aliphatic heterocycles. The van der Waals surface area contributed by atoms with Gasteiger partial charge in [-0.1, -0.05) is 0 Å². The van der Waals surface area contributed by atoms with E-state index in [1.165, 1.54) is 19.2 Å². The second-order valence-electron chi connectivity index (χ2n) is 8.75. The maximum atomic E-state index is 14.0. The fourth-order valence-corrected chi connectivity index (χ4v) is 4.29. The molecule has 0 bridgehead atoms. The van der Waals surface area contributed by atoms with Gasteiger partial charge in [-0.05, 0) is 18.2 Å². The van der Waals surface area contributed by atoms with E-state index in [2.05, 4.69) is 15.0 Å². The van der Waals surface area contributed by atoms with Gasteiger partial charge in [-0.3, -0.25) is 9.67 Å². The van der Waals surface area contributed by atoms with E-state index in [9.17, 15) is 13.9 Å². The largest absolute Gasteiger partial charge is 0.487 e. The second-order valence-corrected chi connectivity index (χ2v) is 8.75. The van der Waals surface area contributed by atoms with Crippen molar-refractivity contribution in [2.45, 2.75) is 25.0 Å². The zero-order valence-corrected chi connectivity index (χ0v) is 19.9. The number of hydrogen-bond donors (Lipinski definition) is 1. The van der Waals surface area contributed by atoms with Crippen molar-refractivity contribution in [1.82, 2.24) is 24.7 Å². The number of anilines is 1. The summed E-state index contributed by atoms with van der Waals surface area (Å²) in [6.07, 6.45) is 5.38. The molecule has 0 unspecified atom stereocenters. The summed E-state index contributed by atoms with van der Waals surface area (Å²) < 4.78 is 39.8. The van der Waals surface area contributed by atoms with Crippen molar-refractivity contribution < 1.29 is 23.4 Å². The van der Waals surface area contributed by atoms with Crippen LogP contribution in [0.1, 0.15) is 24.6 Å². The van der Waals surface area contributed by atoms with Gasteiger partial charge in [0.15, 0.2) is 17.4 Å². The normalized spacial score (nSPS) is 15.4. The molecule has 36 heavy (non-hydrogen) atoms. The zero-order chi connectivity index (χ0) is 25.2. The topological polar surface area (TPSA) is 98.4 Å². The maximum Gasteiger partial charge on any atom is 0.167 e. The van der Waals surface area contributed by atoms with Crippen molar-refractivity contribution >= 4 is 16.9 Å². The lowest BCUT2D eigenvalue weighted by Gasteiger charge is -2.33. The van der Waals surface area contributed by atoms with E-state index >= 15 is 0 Å². The van der Waals surface area contributed by atoms with Crippen molar-refractivity contribution in [3.05, 3.63) is 60.2 Å². The predicted octanol–water partition coefficient (Wildman–Crippen LogP) is 3.43. The van der Waals surface area contributed by atoms with E-state index in [1.807, 2.05) is 13.2 Å². The van der Waals surface area contributed by atoms with Gasteiger partial charge in [-0.2, -0.15) is 5.10 Å². The van der Waals surface area contributed by atoms with Crippen LogP contribution in [0.15, 0.2) is 42.9 Å². The summed E-state index contributed by atoms with van der Waals surface area (Å²) in [5, 5.41) is 14.6. The summed E-state index contributed by atoms with van der Waals surface area (Å²) in [6, 6.07) is 5.04. The number of ether oxygens (including phenoxy) is 2. The van der Waals surface area contributed by atoms with E-state index in [0.29, 0.717) is 54.2 Å². The van der Waals surface area contributed by atoms with Gasteiger partial charge < -0.3 is 19.5 Å². The van der Waals surface area contributed by atoms with Crippen LogP contribution in [-0.4, -0.2) is 62.7 Å². The molecule has 5 rings (SSSR count). The number of benzene rings is 1. The summed E-state index contributed by atoms with van der Waals surface area (Å²) in [6.45, 7) is 1.34. The van der Waals surface area contributed by atoms with Crippen molar-refractivity contribution in [2.24, 2.45) is 7.05 Å². The minimum atomic E-state index is -0.868. The van der Waals surface area contributed by atoms with Gasteiger partial charge in [0.25, 0.3) is 0 Å². The Hall–Kier alpha value is -3.70. The van der Waals surface area contributed by atoms with Crippen LogP contribution >= 0.6 is 0 Å². The number of fused-ring (bicyclic) bond motifs is 1. The molecule has 0 saturated carbocycles. The van der Waals surface area contributed by atoms with Crippen LogP contribution in [0.25, 0.3) is 22.3 Å². The van der Waals surface area contributed by atoms with Crippen molar-refractivity contribution in [1.29, 1.82) is 0 Å². The minimum Gasteiger partial charge on any atom is -0.487 e. The number of methoxy groups -OCH3 is 1. The molecule has 1 fully saturated rings. The average molecular weight is 497 g/mol. The number of aliphatic hydroxyl groups is 1. The van der Waals surface area contributed by atoms with Gasteiger partial charge in [0.05, 0.1) is 30.2 Å². The third-order valence-electron chi connectivity index (χ3n) is 6.13. The third-order valence-corrected chi connectivity index (χ3v) is 6.13. The quantitative estimate of drug-likeness (QED) is 0.416. The fourth-order valence-electron chi connectivity index (χ4n) is 4.29. The first kappa shape index (κ1) is 24.0. The van der Waals surface area contributed by atoms with Crippen LogP contribution in [0.5, 0.6) is 5.75 Å². The minimum absolute atomic E-state index is 0.0499. The molecule has 188 valence electrons. The molecular weight excluding hydrogens is 470 g/mol. The van der Waals surface area contributed by atoms with E-state index < -0.39 is 17.7 Å². The van der Waals surface area contributed by atoms with Crippen LogP contribution in [0.3, 0.4) is 0 Å². The zero-order valence-electron chi connectivity index (χ0n) is 19.9. The third kappa shape index (κ3) is 4.98.